The molecule has 0 atom stereocenters. The first kappa shape index (κ1) is 25.3. The standard InChI is InChI=1S/C30H30FN7S/c1-19-23(26-9-10-27(31)39-26)11-12-33-30(19)34-20(2)28-29-25(36-37-28)8-7-24(35-29)22-16-21(17-32-18-22)6-5-15-38-13-3-4-14-38/h7-12,16-18H,2-6,13-15H2,1H3,(H,33,34)(H,36,37). The van der Waals surface area contributed by atoms with E-state index in [-0.39, 0.29) is 5.13 Å². The third kappa shape index (κ3) is 5.46. The second-order valence-electron chi connectivity index (χ2n) is 9.94. The van der Waals surface area contributed by atoms with Gasteiger partial charge in [-0.2, -0.15) is 9.49 Å². The SMILES string of the molecule is C=C(Nc1nccc(-c2ccc(F)s2)c1C)c1n[nH]c2ccc(-c3cncc(CCCN4CCCC4)c3)nc12. The van der Waals surface area contributed by atoms with Gasteiger partial charge >= 0.3 is 0 Å². The van der Waals surface area contributed by atoms with Crippen LogP contribution in [0.25, 0.3) is 38.4 Å². The van der Waals surface area contributed by atoms with Crippen LogP contribution in [0.2, 0.25) is 0 Å². The van der Waals surface area contributed by atoms with E-state index in [0.717, 1.165) is 69.0 Å². The Morgan fingerprint density at radius 3 is 2.85 bits per heavy atom. The van der Waals surface area contributed by atoms with Crippen LogP contribution in [0.3, 0.4) is 0 Å². The number of thiophene rings is 1. The maximum atomic E-state index is 13.6. The van der Waals surface area contributed by atoms with E-state index in [0.29, 0.717) is 17.2 Å². The van der Waals surface area contributed by atoms with Gasteiger partial charge in [0.1, 0.15) is 17.0 Å². The van der Waals surface area contributed by atoms with Gasteiger partial charge in [-0.15, -0.1) is 11.3 Å². The van der Waals surface area contributed by atoms with E-state index in [1.165, 1.54) is 37.6 Å². The van der Waals surface area contributed by atoms with Crippen molar-refractivity contribution >= 4 is 33.9 Å². The highest BCUT2D eigenvalue weighted by Gasteiger charge is 2.16. The summed E-state index contributed by atoms with van der Waals surface area (Å²) in [4.78, 5) is 17.3. The van der Waals surface area contributed by atoms with Crippen molar-refractivity contribution in [1.29, 1.82) is 0 Å². The summed E-state index contributed by atoms with van der Waals surface area (Å²) in [5.41, 5.74) is 7.60. The lowest BCUT2D eigenvalue weighted by molar-refractivity contribution is 0.334. The molecule has 2 N–H and O–H groups in total. The molecular formula is C30H30FN7S. The van der Waals surface area contributed by atoms with E-state index in [1.807, 2.05) is 37.5 Å². The minimum atomic E-state index is -0.215. The number of likely N-dealkylation sites (tertiary alicyclic amines) is 1. The predicted octanol–water partition coefficient (Wildman–Crippen LogP) is 6.70. The Morgan fingerprint density at radius 2 is 2.03 bits per heavy atom. The second-order valence-corrected chi connectivity index (χ2v) is 11.0. The van der Waals surface area contributed by atoms with E-state index in [1.54, 1.807) is 12.3 Å². The highest BCUT2D eigenvalue weighted by molar-refractivity contribution is 7.13. The fourth-order valence-corrected chi connectivity index (χ4v) is 5.95. The van der Waals surface area contributed by atoms with E-state index < -0.39 is 0 Å². The lowest BCUT2D eigenvalue weighted by Gasteiger charge is -2.14. The molecule has 5 aromatic rings. The van der Waals surface area contributed by atoms with Gasteiger partial charge in [0.05, 0.1) is 16.9 Å². The number of nitrogens with zero attached hydrogens (tertiary/aromatic N) is 5. The molecular weight excluding hydrogens is 509 g/mol. The van der Waals surface area contributed by atoms with Gasteiger partial charge in [-0.25, -0.2) is 9.97 Å². The third-order valence-electron chi connectivity index (χ3n) is 7.23. The lowest BCUT2D eigenvalue weighted by Crippen LogP contribution is -2.20. The van der Waals surface area contributed by atoms with Crippen LogP contribution in [0.4, 0.5) is 10.2 Å². The van der Waals surface area contributed by atoms with Crippen molar-refractivity contribution in [1.82, 2.24) is 30.0 Å². The molecule has 6 rings (SSSR count). The van der Waals surface area contributed by atoms with Crippen LogP contribution in [0.1, 0.15) is 36.1 Å². The van der Waals surface area contributed by atoms with E-state index in [4.69, 9.17) is 4.98 Å². The molecule has 0 aromatic carbocycles. The van der Waals surface area contributed by atoms with Gasteiger partial charge < -0.3 is 10.2 Å². The first-order chi connectivity index (χ1) is 19.0. The number of nitrogens with one attached hydrogen (secondary N) is 2. The largest absolute Gasteiger partial charge is 0.339 e. The molecule has 198 valence electrons. The summed E-state index contributed by atoms with van der Waals surface area (Å²) >= 11 is 1.11. The summed E-state index contributed by atoms with van der Waals surface area (Å²) < 4.78 is 13.6. The highest BCUT2D eigenvalue weighted by Crippen LogP contribution is 2.33. The minimum absolute atomic E-state index is 0.215. The number of rotatable bonds is 9. The van der Waals surface area contributed by atoms with Crippen LogP contribution in [0.5, 0.6) is 0 Å². The maximum absolute atomic E-state index is 13.6. The molecule has 9 heteroatoms. The number of aromatic amines is 1. The first-order valence-corrected chi connectivity index (χ1v) is 14.1. The monoisotopic (exact) mass is 539 g/mol. The summed E-state index contributed by atoms with van der Waals surface area (Å²) in [6.45, 7) is 9.78. The summed E-state index contributed by atoms with van der Waals surface area (Å²) in [5.74, 6) is 0.643. The maximum Gasteiger partial charge on any atom is 0.176 e. The smallest absolute Gasteiger partial charge is 0.176 e. The summed E-state index contributed by atoms with van der Waals surface area (Å²) in [6.07, 6.45) is 10.3. The van der Waals surface area contributed by atoms with Crippen LogP contribution in [-0.2, 0) is 6.42 Å². The number of aromatic nitrogens is 5. The van der Waals surface area contributed by atoms with E-state index in [9.17, 15) is 4.39 Å². The van der Waals surface area contributed by atoms with Gasteiger partial charge in [0.2, 0.25) is 0 Å². The van der Waals surface area contributed by atoms with Crippen LogP contribution < -0.4 is 5.32 Å². The molecule has 0 aliphatic carbocycles. The number of H-pyrrole nitrogens is 1. The number of pyridine rings is 3. The van der Waals surface area contributed by atoms with Gasteiger partial charge in [0.25, 0.3) is 0 Å². The fraction of sp³-hybridized carbons (Fsp3) is 0.267. The van der Waals surface area contributed by atoms with Crippen molar-refractivity contribution in [3.63, 3.8) is 0 Å². The number of hydrogen-bond donors (Lipinski definition) is 2. The molecule has 1 fully saturated rings. The topological polar surface area (TPSA) is 82.6 Å². The average molecular weight is 540 g/mol. The lowest BCUT2D eigenvalue weighted by atomic mass is 10.1. The molecule has 6 heterocycles. The summed E-state index contributed by atoms with van der Waals surface area (Å²) in [6, 6.07) is 11.3. The zero-order valence-electron chi connectivity index (χ0n) is 21.9. The Morgan fingerprint density at radius 1 is 1.15 bits per heavy atom. The molecule has 1 aliphatic rings. The van der Waals surface area contributed by atoms with Crippen LogP contribution in [-0.4, -0.2) is 49.7 Å². The van der Waals surface area contributed by atoms with Crippen molar-refractivity contribution in [2.45, 2.75) is 32.6 Å². The van der Waals surface area contributed by atoms with Gasteiger partial charge in [-0.05, 0) is 99.8 Å². The van der Waals surface area contributed by atoms with Gasteiger partial charge in [-0.1, -0.05) is 6.58 Å². The Hall–Kier alpha value is -3.95. The Bertz CT molecular complexity index is 1630. The minimum Gasteiger partial charge on any atom is -0.339 e. The first-order valence-electron chi connectivity index (χ1n) is 13.2. The quantitative estimate of drug-likeness (QED) is 0.217. The number of aryl methyl sites for hydroxylation is 1. The zero-order valence-corrected chi connectivity index (χ0v) is 22.7. The van der Waals surface area contributed by atoms with Crippen molar-refractivity contribution in [3.05, 3.63) is 83.5 Å². The fourth-order valence-electron chi connectivity index (χ4n) is 5.14. The second kappa shape index (κ2) is 11.0. The van der Waals surface area contributed by atoms with Crippen molar-refractivity contribution in [2.24, 2.45) is 0 Å². The summed E-state index contributed by atoms with van der Waals surface area (Å²) in [5, 5.41) is 10.6. The van der Waals surface area contributed by atoms with Gasteiger partial charge in [-0.3, -0.25) is 10.1 Å². The number of hydrogen-bond acceptors (Lipinski definition) is 7. The highest BCUT2D eigenvalue weighted by atomic mass is 32.1. The van der Waals surface area contributed by atoms with Crippen LogP contribution >= 0.6 is 11.3 Å². The Labute approximate surface area is 230 Å². The Balaban J connectivity index is 1.21. The third-order valence-corrected chi connectivity index (χ3v) is 8.14. The molecule has 39 heavy (non-hydrogen) atoms. The molecule has 5 aromatic heterocycles. The van der Waals surface area contributed by atoms with Crippen molar-refractivity contribution in [2.75, 3.05) is 25.0 Å². The average Bonchev–Trinajstić information content (AvgIpc) is 3.71. The van der Waals surface area contributed by atoms with Gasteiger partial charge in [0.15, 0.2) is 5.13 Å². The molecule has 7 nitrogen and oxygen atoms in total. The van der Waals surface area contributed by atoms with Crippen molar-refractivity contribution in [3.8, 4) is 21.7 Å². The summed E-state index contributed by atoms with van der Waals surface area (Å²) in [7, 11) is 0. The zero-order chi connectivity index (χ0) is 26.8. The van der Waals surface area contributed by atoms with Crippen LogP contribution in [0, 0.1) is 12.1 Å². The molecule has 1 aliphatic heterocycles. The van der Waals surface area contributed by atoms with Gasteiger partial charge in [0, 0.05) is 34.6 Å². The normalized spacial score (nSPS) is 13.8. The number of halogens is 1. The van der Waals surface area contributed by atoms with E-state index >= 15 is 0 Å². The molecule has 0 spiro atoms. The molecule has 1 saturated heterocycles. The van der Waals surface area contributed by atoms with E-state index in [2.05, 4.69) is 43.0 Å². The molecule has 0 saturated carbocycles. The molecule has 0 radical (unpaired) electrons. The molecule has 0 amide bonds. The molecule has 0 bridgehead atoms. The number of anilines is 1. The van der Waals surface area contributed by atoms with Crippen molar-refractivity contribution < 1.29 is 4.39 Å². The Kier molecular flexibility index (Phi) is 7.17. The predicted molar refractivity (Wildman–Crippen MR) is 156 cm³/mol. The number of fused-ring (bicyclic) bond motifs is 1. The molecule has 0 unspecified atom stereocenters. The van der Waals surface area contributed by atoms with Crippen LogP contribution in [0.15, 0.2) is 61.6 Å².